The smallest absolute Gasteiger partial charge is 0.240 e. The van der Waals surface area contributed by atoms with E-state index in [0.717, 1.165) is 0 Å². The second-order valence-electron chi connectivity index (χ2n) is 3.24. The molecule has 5 nitrogen and oxygen atoms in total. The number of nitrogens with zero attached hydrogens (tertiary/aromatic N) is 2. The minimum Gasteiger partial charge on any atom is -0.355 e. The van der Waals surface area contributed by atoms with Gasteiger partial charge in [0.1, 0.15) is 5.92 Å². The molecule has 1 atom stereocenters. The van der Waals surface area contributed by atoms with Gasteiger partial charge in [-0.3, -0.25) is 9.59 Å². The van der Waals surface area contributed by atoms with Crippen molar-refractivity contribution in [2.24, 2.45) is 5.92 Å². The van der Waals surface area contributed by atoms with E-state index in [9.17, 15) is 9.59 Å². The summed E-state index contributed by atoms with van der Waals surface area (Å²) in [7, 11) is 1.53. The van der Waals surface area contributed by atoms with Crippen molar-refractivity contribution in [2.45, 2.75) is 20.3 Å². The summed E-state index contributed by atoms with van der Waals surface area (Å²) < 4.78 is 0. The molecule has 0 heterocycles. The average molecular weight is 211 g/mol. The maximum Gasteiger partial charge on any atom is 0.240 e. The van der Waals surface area contributed by atoms with Gasteiger partial charge in [0.25, 0.3) is 0 Å². The zero-order valence-corrected chi connectivity index (χ0v) is 9.41. The van der Waals surface area contributed by atoms with Crippen LogP contribution in [0.2, 0.25) is 0 Å². The predicted molar refractivity (Wildman–Crippen MR) is 55.7 cm³/mol. The largest absolute Gasteiger partial charge is 0.355 e. The molecule has 84 valence electrons. The maximum absolute atomic E-state index is 11.6. The first kappa shape index (κ1) is 13.4. The van der Waals surface area contributed by atoms with Gasteiger partial charge in [-0.05, 0) is 13.3 Å². The molecule has 0 rings (SSSR count). The molecule has 0 aliphatic heterocycles. The Labute approximate surface area is 90.0 Å². The van der Waals surface area contributed by atoms with Crippen LogP contribution in [-0.2, 0) is 9.59 Å². The van der Waals surface area contributed by atoms with E-state index >= 15 is 0 Å². The minimum absolute atomic E-state index is 0.00481. The first-order valence-corrected chi connectivity index (χ1v) is 4.98. The van der Waals surface area contributed by atoms with Gasteiger partial charge in [0.2, 0.25) is 11.8 Å². The number of rotatable bonds is 5. The summed E-state index contributed by atoms with van der Waals surface area (Å²) in [6.45, 7) is 4.12. The van der Waals surface area contributed by atoms with Gasteiger partial charge >= 0.3 is 0 Å². The van der Waals surface area contributed by atoms with E-state index in [-0.39, 0.29) is 18.4 Å². The summed E-state index contributed by atoms with van der Waals surface area (Å²) >= 11 is 0. The van der Waals surface area contributed by atoms with Crippen molar-refractivity contribution in [3.63, 3.8) is 0 Å². The molecule has 0 fully saturated rings. The third-order valence-electron chi connectivity index (χ3n) is 1.99. The molecule has 2 amide bonds. The number of hydrogen-bond donors (Lipinski definition) is 1. The van der Waals surface area contributed by atoms with Crippen molar-refractivity contribution in [2.75, 3.05) is 20.1 Å². The topological polar surface area (TPSA) is 73.2 Å². The van der Waals surface area contributed by atoms with Crippen molar-refractivity contribution < 1.29 is 9.59 Å². The van der Waals surface area contributed by atoms with Gasteiger partial charge in [-0.25, -0.2) is 0 Å². The summed E-state index contributed by atoms with van der Waals surface area (Å²) in [5.41, 5.74) is 0. The van der Waals surface area contributed by atoms with E-state index in [1.54, 1.807) is 6.92 Å². The lowest BCUT2D eigenvalue weighted by atomic mass is 10.1. The van der Waals surface area contributed by atoms with Crippen molar-refractivity contribution in [3.8, 4) is 6.07 Å². The van der Waals surface area contributed by atoms with Crippen molar-refractivity contribution >= 4 is 11.8 Å². The van der Waals surface area contributed by atoms with Crippen LogP contribution in [0.15, 0.2) is 0 Å². The Morgan fingerprint density at radius 2 is 2.07 bits per heavy atom. The van der Waals surface area contributed by atoms with E-state index in [1.165, 1.54) is 11.9 Å². The standard InChI is InChI=1S/C10H17N3O2/c1-4-8(6-11)10(15)13(3)7-9(14)12-5-2/h8H,4-5,7H2,1-3H3,(H,12,14). The van der Waals surface area contributed by atoms with Gasteiger partial charge in [-0.1, -0.05) is 6.92 Å². The molecule has 5 heteroatoms. The fourth-order valence-corrected chi connectivity index (χ4v) is 1.13. The van der Waals surface area contributed by atoms with Crippen LogP contribution in [-0.4, -0.2) is 36.9 Å². The Bertz CT molecular complexity index is 270. The molecule has 1 unspecified atom stereocenters. The average Bonchev–Trinajstić information content (AvgIpc) is 2.19. The number of amides is 2. The molecule has 0 saturated heterocycles. The number of likely N-dealkylation sites (N-methyl/N-ethyl adjacent to an activating group) is 2. The van der Waals surface area contributed by atoms with Gasteiger partial charge in [-0.15, -0.1) is 0 Å². The molecule has 15 heavy (non-hydrogen) atoms. The molecule has 0 aliphatic rings. The first-order chi connectivity index (χ1) is 7.06. The molecule has 0 bridgehead atoms. The van der Waals surface area contributed by atoms with Crippen LogP contribution in [0.1, 0.15) is 20.3 Å². The zero-order chi connectivity index (χ0) is 11.8. The summed E-state index contributed by atoms with van der Waals surface area (Å²) in [6.07, 6.45) is 0.467. The van der Waals surface area contributed by atoms with E-state index in [4.69, 9.17) is 5.26 Å². The highest BCUT2D eigenvalue weighted by atomic mass is 16.2. The number of hydrogen-bond acceptors (Lipinski definition) is 3. The summed E-state index contributed by atoms with van der Waals surface area (Å²) in [5.74, 6) is -1.16. The van der Waals surface area contributed by atoms with E-state index in [1.807, 2.05) is 13.0 Å². The van der Waals surface area contributed by atoms with Crippen LogP contribution in [0.3, 0.4) is 0 Å². The second-order valence-corrected chi connectivity index (χ2v) is 3.24. The molecular formula is C10H17N3O2. The molecular weight excluding hydrogens is 194 g/mol. The molecule has 0 aliphatic carbocycles. The lowest BCUT2D eigenvalue weighted by Gasteiger charge is -2.18. The van der Waals surface area contributed by atoms with Crippen molar-refractivity contribution in [1.29, 1.82) is 5.26 Å². The molecule has 0 spiro atoms. The highest BCUT2D eigenvalue weighted by Crippen LogP contribution is 2.04. The zero-order valence-electron chi connectivity index (χ0n) is 9.41. The van der Waals surface area contributed by atoms with Gasteiger partial charge in [0.05, 0.1) is 12.6 Å². The van der Waals surface area contributed by atoms with Gasteiger partial charge in [0, 0.05) is 13.6 Å². The van der Waals surface area contributed by atoms with Gasteiger partial charge in [-0.2, -0.15) is 5.26 Å². The van der Waals surface area contributed by atoms with Crippen LogP contribution < -0.4 is 5.32 Å². The number of nitrogens with one attached hydrogen (secondary N) is 1. The summed E-state index contributed by atoms with van der Waals surface area (Å²) in [4.78, 5) is 24.0. The van der Waals surface area contributed by atoms with Crippen molar-refractivity contribution in [1.82, 2.24) is 10.2 Å². The Kier molecular flexibility index (Phi) is 6.11. The highest BCUT2D eigenvalue weighted by molar-refractivity contribution is 5.86. The lowest BCUT2D eigenvalue weighted by molar-refractivity contribution is -0.136. The highest BCUT2D eigenvalue weighted by Gasteiger charge is 2.21. The molecule has 0 radical (unpaired) electrons. The van der Waals surface area contributed by atoms with Gasteiger partial charge in [0.15, 0.2) is 0 Å². The molecule has 0 aromatic carbocycles. The number of nitriles is 1. The molecule has 1 N–H and O–H groups in total. The normalized spacial score (nSPS) is 11.3. The summed E-state index contributed by atoms with van der Waals surface area (Å²) in [6, 6.07) is 1.91. The fourth-order valence-electron chi connectivity index (χ4n) is 1.13. The Morgan fingerprint density at radius 1 is 1.47 bits per heavy atom. The van der Waals surface area contributed by atoms with E-state index in [0.29, 0.717) is 13.0 Å². The maximum atomic E-state index is 11.6. The Balaban J connectivity index is 4.21. The number of carbonyl (C=O) groups is 2. The number of carbonyl (C=O) groups excluding carboxylic acids is 2. The van der Waals surface area contributed by atoms with E-state index in [2.05, 4.69) is 5.32 Å². The van der Waals surface area contributed by atoms with Crippen LogP contribution in [0.4, 0.5) is 0 Å². The predicted octanol–water partition coefficient (Wildman–Crippen LogP) is 0.131. The molecule has 0 aromatic heterocycles. The Hall–Kier alpha value is -1.57. The molecule has 0 aromatic rings. The monoisotopic (exact) mass is 211 g/mol. The minimum atomic E-state index is -0.649. The summed E-state index contributed by atoms with van der Waals surface area (Å²) in [5, 5.41) is 11.3. The van der Waals surface area contributed by atoms with Gasteiger partial charge < -0.3 is 10.2 Å². The fraction of sp³-hybridized carbons (Fsp3) is 0.700. The third-order valence-corrected chi connectivity index (χ3v) is 1.99. The second kappa shape index (κ2) is 6.82. The lowest BCUT2D eigenvalue weighted by Crippen LogP contribution is -2.40. The molecule has 0 saturated carbocycles. The van der Waals surface area contributed by atoms with Crippen molar-refractivity contribution in [3.05, 3.63) is 0 Å². The van der Waals surface area contributed by atoms with E-state index < -0.39 is 5.92 Å². The first-order valence-electron chi connectivity index (χ1n) is 4.98. The van der Waals surface area contributed by atoms with Crippen LogP contribution >= 0.6 is 0 Å². The van der Waals surface area contributed by atoms with Crippen LogP contribution in [0.5, 0.6) is 0 Å². The SMILES string of the molecule is CCNC(=O)CN(C)C(=O)C(C#N)CC. The van der Waals surface area contributed by atoms with Crippen LogP contribution in [0, 0.1) is 17.2 Å². The quantitative estimate of drug-likeness (QED) is 0.702. The third kappa shape index (κ3) is 4.45. The Morgan fingerprint density at radius 3 is 2.47 bits per heavy atom. The van der Waals surface area contributed by atoms with Crippen LogP contribution in [0.25, 0.3) is 0 Å².